The summed E-state index contributed by atoms with van der Waals surface area (Å²) in [4.78, 5) is 17.9. The van der Waals surface area contributed by atoms with Gasteiger partial charge in [-0.1, -0.05) is 38.1 Å². The Morgan fingerprint density at radius 3 is 2.23 bits per heavy atom. The Balaban J connectivity index is 1.54. The number of benzene rings is 2. The van der Waals surface area contributed by atoms with Crippen LogP contribution in [0.1, 0.15) is 43.5 Å². The summed E-state index contributed by atoms with van der Waals surface area (Å²) < 4.78 is 39.7. The third kappa shape index (κ3) is 7.00. The third-order valence-corrected chi connectivity index (χ3v) is 9.71. The molecule has 192 valence electrons. The molecule has 35 heavy (non-hydrogen) atoms. The summed E-state index contributed by atoms with van der Waals surface area (Å²) in [5, 5.41) is 0. The Kier molecular flexibility index (Phi) is 10.0. The zero-order chi connectivity index (χ0) is 25.4. The SMILES string of the molecule is CCN(CC)S(=O)(=O)c1cc(C(=O)CCCCN2CCN(c3ccccc3)CC2)ccc1S(C)=O. The van der Waals surface area contributed by atoms with E-state index in [-0.39, 0.29) is 15.6 Å². The number of carbonyl (C=O) groups is 1. The lowest BCUT2D eigenvalue weighted by Crippen LogP contribution is -2.46. The van der Waals surface area contributed by atoms with Crippen LogP contribution in [0, 0.1) is 0 Å². The van der Waals surface area contributed by atoms with E-state index in [0.29, 0.717) is 25.1 Å². The van der Waals surface area contributed by atoms with Crippen LogP contribution in [-0.2, 0) is 20.8 Å². The molecule has 0 bridgehead atoms. The van der Waals surface area contributed by atoms with Gasteiger partial charge in [0.15, 0.2) is 5.78 Å². The zero-order valence-corrected chi connectivity index (χ0v) is 22.6. The van der Waals surface area contributed by atoms with Gasteiger partial charge in [-0.15, -0.1) is 0 Å². The maximum absolute atomic E-state index is 13.1. The fraction of sp³-hybridized carbons (Fsp3) is 0.500. The van der Waals surface area contributed by atoms with Crippen LogP contribution in [0.3, 0.4) is 0 Å². The number of sulfonamides is 1. The van der Waals surface area contributed by atoms with Crippen molar-refractivity contribution in [3.8, 4) is 0 Å². The number of carbonyl (C=O) groups excluding carboxylic acids is 1. The van der Waals surface area contributed by atoms with Gasteiger partial charge in [0.25, 0.3) is 0 Å². The zero-order valence-electron chi connectivity index (χ0n) is 21.0. The molecular formula is C26H37N3O4S2. The number of piperazine rings is 1. The number of Topliss-reactive ketones (excluding diaryl/α,β-unsaturated/α-hetero) is 1. The van der Waals surface area contributed by atoms with Crippen LogP contribution < -0.4 is 4.90 Å². The monoisotopic (exact) mass is 519 g/mol. The molecule has 0 aromatic heterocycles. The summed E-state index contributed by atoms with van der Waals surface area (Å²) in [5.74, 6) is -0.0803. The first-order valence-electron chi connectivity index (χ1n) is 12.3. The van der Waals surface area contributed by atoms with Gasteiger partial charge in [-0.25, -0.2) is 8.42 Å². The average molecular weight is 520 g/mol. The molecule has 0 aliphatic carbocycles. The molecule has 1 saturated heterocycles. The summed E-state index contributed by atoms with van der Waals surface area (Å²) in [6.07, 6.45) is 3.48. The summed E-state index contributed by atoms with van der Waals surface area (Å²) >= 11 is 0. The van der Waals surface area contributed by atoms with Gasteiger partial charge in [-0.2, -0.15) is 4.31 Å². The lowest BCUT2D eigenvalue weighted by molar-refractivity contribution is 0.0977. The van der Waals surface area contributed by atoms with E-state index in [9.17, 15) is 17.4 Å². The normalized spacial score (nSPS) is 15.9. The molecular weight excluding hydrogens is 482 g/mol. The predicted molar refractivity (Wildman–Crippen MR) is 142 cm³/mol. The number of nitrogens with zero attached hydrogens (tertiary/aromatic N) is 3. The minimum absolute atomic E-state index is 0.0239. The highest BCUT2D eigenvalue weighted by atomic mass is 32.2. The van der Waals surface area contributed by atoms with Crippen molar-refractivity contribution in [2.45, 2.75) is 42.9 Å². The molecule has 0 N–H and O–H groups in total. The minimum atomic E-state index is -3.82. The molecule has 0 saturated carbocycles. The van der Waals surface area contributed by atoms with E-state index < -0.39 is 20.8 Å². The average Bonchev–Trinajstić information content (AvgIpc) is 2.87. The van der Waals surface area contributed by atoms with E-state index in [4.69, 9.17) is 0 Å². The molecule has 1 heterocycles. The first-order valence-corrected chi connectivity index (χ1v) is 15.3. The fourth-order valence-electron chi connectivity index (χ4n) is 4.46. The summed E-state index contributed by atoms with van der Waals surface area (Å²) in [7, 11) is -5.30. The number of ketones is 1. The van der Waals surface area contributed by atoms with Gasteiger partial charge in [0.05, 0.1) is 20.6 Å². The number of unbranched alkanes of at least 4 members (excludes halogenated alkanes) is 1. The van der Waals surface area contributed by atoms with Crippen LogP contribution in [0.4, 0.5) is 5.69 Å². The van der Waals surface area contributed by atoms with Crippen molar-refractivity contribution < 1.29 is 17.4 Å². The quantitative estimate of drug-likeness (QED) is 0.315. The van der Waals surface area contributed by atoms with Crippen LogP contribution in [0.5, 0.6) is 0 Å². The van der Waals surface area contributed by atoms with Crippen molar-refractivity contribution in [3.63, 3.8) is 0 Å². The Hall–Kier alpha value is -2.07. The van der Waals surface area contributed by atoms with Crippen molar-refractivity contribution in [1.82, 2.24) is 9.21 Å². The van der Waals surface area contributed by atoms with Crippen molar-refractivity contribution in [2.75, 3.05) is 57.0 Å². The second-order valence-corrected chi connectivity index (χ2v) is 12.0. The highest BCUT2D eigenvalue weighted by molar-refractivity contribution is 7.90. The van der Waals surface area contributed by atoms with E-state index in [1.807, 2.05) is 6.07 Å². The van der Waals surface area contributed by atoms with Crippen molar-refractivity contribution >= 4 is 32.3 Å². The Morgan fingerprint density at radius 2 is 1.63 bits per heavy atom. The van der Waals surface area contributed by atoms with E-state index in [1.165, 1.54) is 28.4 Å². The first kappa shape index (κ1) is 27.5. The summed E-state index contributed by atoms with van der Waals surface area (Å²) in [6, 6.07) is 15.0. The molecule has 1 unspecified atom stereocenters. The van der Waals surface area contributed by atoms with Crippen LogP contribution in [0.15, 0.2) is 58.3 Å². The van der Waals surface area contributed by atoms with E-state index in [0.717, 1.165) is 45.6 Å². The van der Waals surface area contributed by atoms with Crippen LogP contribution >= 0.6 is 0 Å². The number of anilines is 1. The second kappa shape index (κ2) is 12.8. The molecule has 1 aliphatic heterocycles. The molecule has 1 fully saturated rings. The molecule has 0 spiro atoms. The summed E-state index contributed by atoms with van der Waals surface area (Å²) in [6.45, 7) is 9.11. The maximum Gasteiger partial charge on any atom is 0.244 e. The number of rotatable bonds is 12. The van der Waals surface area contributed by atoms with Gasteiger partial charge in [-0.3, -0.25) is 13.9 Å². The fourth-order valence-corrected chi connectivity index (χ4v) is 7.28. The Bertz CT molecular complexity index is 1110. The second-order valence-electron chi connectivity index (χ2n) is 8.75. The minimum Gasteiger partial charge on any atom is -0.369 e. The van der Waals surface area contributed by atoms with E-state index in [1.54, 1.807) is 19.9 Å². The molecule has 9 heteroatoms. The van der Waals surface area contributed by atoms with E-state index in [2.05, 4.69) is 34.1 Å². The lowest BCUT2D eigenvalue weighted by atomic mass is 10.1. The van der Waals surface area contributed by atoms with Crippen molar-refractivity contribution in [1.29, 1.82) is 0 Å². The van der Waals surface area contributed by atoms with Gasteiger partial charge in [0, 0.05) is 63.2 Å². The largest absolute Gasteiger partial charge is 0.369 e. The van der Waals surface area contributed by atoms with Crippen molar-refractivity contribution in [2.24, 2.45) is 0 Å². The van der Waals surface area contributed by atoms with Crippen LogP contribution in [0.25, 0.3) is 0 Å². The van der Waals surface area contributed by atoms with Gasteiger partial charge in [0.1, 0.15) is 0 Å². The van der Waals surface area contributed by atoms with Gasteiger partial charge < -0.3 is 4.90 Å². The number of hydrogen-bond donors (Lipinski definition) is 0. The van der Waals surface area contributed by atoms with Gasteiger partial charge >= 0.3 is 0 Å². The highest BCUT2D eigenvalue weighted by Gasteiger charge is 2.27. The molecule has 0 amide bonds. The predicted octanol–water partition coefficient (Wildman–Crippen LogP) is 3.63. The molecule has 1 atom stereocenters. The molecule has 3 rings (SSSR count). The van der Waals surface area contributed by atoms with Crippen LogP contribution in [0.2, 0.25) is 0 Å². The highest BCUT2D eigenvalue weighted by Crippen LogP contribution is 2.25. The number of hydrogen-bond acceptors (Lipinski definition) is 6. The molecule has 7 nitrogen and oxygen atoms in total. The standard InChI is InChI=1S/C26H37N3O4S2/c1-4-29(5-2)35(32,33)26-21-22(14-15-25(26)34(3)31)24(30)13-9-10-16-27-17-19-28(20-18-27)23-11-7-6-8-12-23/h6-8,11-12,14-15,21H,4-5,9-10,13,16-20H2,1-3H3. The third-order valence-electron chi connectivity index (χ3n) is 6.52. The molecule has 1 aliphatic rings. The topological polar surface area (TPSA) is 78.0 Å². The van der Waals surface area contributed by atoms with Gasteiger partial charge in [-0.05, 0) is 43.7 Å². The Labute approximate surface area is 212 Å². The Morgan fingerprint density at radius 1 is 0.971 bits per heavy atom. The molecule has 2 aromatic rings. The molecule has 2 aromatic carbocycles. The number of para-hydroxylation sites is 1. The summed E-state index contributed by atoms with van der Waals surface area (Å²) in [5.41, 5.74) is 1.62. The smallest absolute Gasteiger partial charge is 0.244 e. The maximum atomic E-state index is 13.1. The van der Waals surface area contributed by atoms with Crippen LogP contribution in [-0.4, -0.2) is 79.7 Å². The first-order chi connectivity index (χ1) is 16.8. The van der Waals surface area contributed by atoms with Gasteiger partial charge in [0.2, 0.25) is 10.0 Å². The van der Waals surface area contributed by atoms with Crippen molar-refractivity contribution in [3.05, 3.63) is 54.1 Å². The van der Waals surface area contributed by atoms with E-state index >= 15 is 0 Å². The lowest BCUT2D eigenvalue weighted by Gasteiger charge is -2.36. The molecule has 0 radical (unpaired) electrons.